The van der Waals surface area contributed by atoms with Crippen LogP contribution in [0.4, 0.5) is 0 Å². The predicted octanol–water partition coefficient (Wildman–Crippen LogP) is 5.17. The number of aryl methyl sites for hydroxylation is 2. The second-order valence-electron chi connectivity index (χ2n) is 8.56. The molecule has 0 spiro atoms. The number of rotatable bonds is 5. The molecule has 34 heavy (non-hydrogen) atoms. The summed E-state index contributed by atoms with van der Waals surface area (Å²) in [6, 6.07) is 18.3. The number of hydrogen-bond donors (Lipinski definition) is 0. The van der Waals surface area contributed by atoms with E-state index in [-0.39, 0.29) is 17.1 Å². The molecular weight excluding hydrogens is 430 g/mol. The van der Waals surface area contributed by atoms with E-state index in [2.05, 4.69) is 0 Å². The van der Waals surface area contributed by atoms with Crippen molar-refractivity contribution in [3.8, 4) is 11.5 Å². The molecule has 172 valence electrons. The lowest BCUT2D eigenvalue weighted by atomic mass is 9.96. The van der Waals surface area contributed by atoms with E-state index >= 15 is 0 Å². The van der Waals surface area contributed by atoms with Crippen LogP contribution in [0.2, 0.25) is 0 Å². The summed E-state index contributed by atoms with van der Waals surface area (Å²) in [7, 11) is 3.13. The van der Waals surface area contributed by atoms with Crippen LogP contribution >= 0.6 is 0 Å². The van der Waals surface area contributed by atoms with Gasteiger partial charge < -0.3 is 18.8 Å². The molecule has 0 N–H and O–H groups in total. The molecular formula is C28H25NO5. The minimum Gasteiger partial charge on any atom is -0.493 e. The molecule has 1 aromatic heterocycles. The summed E-state index contributed by atoms with van der Waals surface area (Å²) < 4.78 is 17.0. The first-order valence-corrected chi connectivity index (χ1v) is 11.1. The van der Waals surface area contributed by atoms with Gasteiger partial charge in [-0.3, -0.25) is 9.59 Å². The highest BCUT2D eigenvalue weighted by Crippen LogP contribution is 2.42. The molecule has 0 saturated heterocycles. The Bertz CT molecular complexity index is 1470. The zero-order valence-corrected chi connectivity index (χ0v) is 19.5. The summed E-state index contributed by atoms with van der Waals surface area (Å²) in [5.74, 6) is 0.884. The predicted molar refractivity (Wildman–Crippen MR) is 130 cm³/mol. The number of amides is 1. The van der Waals surface area contributed by atoms with Crippen LogP contribution in [-0.2, 0) is 6.54 Å². The number of ether oxygens (including phenoxy) is 2. The number of hydrogen-bond acceptors (Lipinski definition) is 5. The highest BCUT2D eigenvalue weighted by Gasteiger charge is 2.43. The van der Waals surface area contributed by atoms with Gasteiger partial charge in [-0.25, -0.2) is 0 Å². The lowest BCUT2D eigenvalue weighted by molar-refractivity contribution is 0.0714. The normalized spacial score (nSPS) is 15.0. The van der Waals surface area contributed by atoms with E-state index in [1.807, 2.05) is 68.4 Å². The molecule has 1 amide bonds. The molecule has 3 aromatic carbocycles. The maximum atomic E-state index is 13.9. The topological polar surface area (TPSA) is 69.0 Å². The summed E-state index contributed by atoms with van der Waals surface area (Å²) in [6.07, 6.45) is 0. The van der Waals surface area contributed by atoms with Crippen LogP contribution in [0.3, 0.4) is 0 Å². The zero-order valence-electron chi connectivity index (χ0n) is 19.5. The molecule has 0 bridgehead atoms. The summed E-state index contributed by atoms with van der Waals surface area (Å²) in [6.45, 7) is 4.16. The van der Waals surface area contributed by atoms with E-state index in [0.717, 1.165) is 22.3 Å². The Morgan fingerprint density at radius 3 is 2.35 bits per heavy atom. The van der Waals surface area contributed by atoms with Crippen molar-refractivity contribution >= 4 is 16.9 Å². The third kappa shape index (κ3) is 3.43. The fourth-order valence-electron chi connectivity index (χ4n) is 4.83. The van der Waals surface area contributed by atoms with Gasteiger partial charge >= 0.3 is 0 Å². The molecule has 6 nitrogen and oxygen atoms in total. The average Bonchev–Trinajstić information content (AvgIpc) is 3.10. The first-order chi connectivity index (χ1) is 16.4. The van der Waals surface area contributed by atoms with Crippen LogP contribution in [0.25, 0.3) is 11.0 Å². The Labute approximate surface area is 197 Å². The third-order valence-corrected chi connectivity index (χ3v) is 6.33. The van der Waals surface area contributed by atoms with Crippen LogP contribution in [0.5, 0.6) is 11.5 Å². The lowest BCUT2D eigenvalue weighted by Crippen LogP contribution is -2.29. The minimum atomic E-state index is -0.621. The van der Waals surface area contributed by atoms with Gasteiger partial charge in [0.1, 0.15) is 5.58 Å². The quantitative estimate of drug-likeness (QED) is 0.415. The van der Waals surface area contributed by atoms with Gasteiger partial charge in [-0.2, -0.15) is 0 Å². The summed E-state index contributed by atoms with van der Waals surface area (Å²) >= 11 is 0. The lowest BCUT2D eigenvalue weighted by Gasteiger charge is -2.26. The first-order valence-electron chi connectivity index (χ1n) is 11.1. The number of methoxy groups -OCH3 is 2. The van der Waals surface area contributed by atoms with Crippen molar-refractivity contribution < 1.29 is 18.7 Å². The van der Waals surface area contributed by atoms with E-state index < -0.39 is 6.04 Å². The van der Waals surface area contributed by atoms with Crippen LogP contribution in [-0.4, -0.2) is 25.0 Å². The molecule has 5 rings (SSSR count). The highest BCUT2D eigenvalue weighted by atomic mass is 16.5. The van der Waals surface area contributed by atoms with Crippen molar-refractivity contribution in [2.75, 3.05) is 14.2 Å². The van der Waals surface area contributed by atoms with E-state index in [0.29, 0.717) is 34.6 Å². The molecule has 4 aromatic rings. The molecule has 6 heteroatoms. The first kappa shape index (κ1) is 21.8. The maximum absolute atomic E-state index is 13.9. The van der Waals surface area contributed by atoms with Crippen molar-refractivity contribution in [1.82, 2.24) is 4.90 Å². The van der Waals surface area contributed by atoms with E-state index in [9.17, 15) is 9.59 Å². The summed E-state index contributed by atoms with van der Waals surface area (Å²) in [4.78, 5) is 29.2. The largest absolute Gasteiger partial charge is 0.493 e. The highest BCUT2D eigenvalue weighted by molar-refractivity contribution is 5.99. The Hall–Kier alpha value is -4.06. The molecule has 2 heterocycles. The smallest absolute Gasteiger partial charge is 0.291 e. The van der Waals surface area contributed by atoms with Gasteiger partial charge in [-0.15, -0.1) is 0 Å². The molecule has 1 aliphatic rings. The maximum Gasteiger partial charge on any atom is 0.291 e. The second-order valence-corrected chi connectivity index (χ2v) is 8.56. The third-order valence-electron chi connectivity index (χ3n) is 6.33. The summed E-state index contributed by atoms with van der Waals surface area (Å²) in [5.41, 5.74) is 4.10. The fourth-order valence-corrected chi connectivity index (χ4v) is 4.83. The minimum absolute atomic E-state index is 0.0956. The number of fused-ring (bicyclic) bond motifs is 2. The monoisotopic (exact) mass is 455 g/mol. The Morgan fingerprint density at radius 1 is 0.912 bits per heavy atom. The average molecular weight is 456 g/mol. The van der Waals surface area contributed by atoms with Gasteiger partial charge in [0.15, 0.2) is 16.9 Å². The molecule has 0 radical (unpaired) electrons. The number of carbonyl (C=O) groups is 1. The van der Waals surface area contributed by atoms with Crippen molar-refractivity contribution in [2.24, 2.45) is 0 Å². The fraction of sp³-hybridized carbons (Fsp3) is 0.214. The molecule has 0 fully saturated rings. The Morgan fingerprint density at radius 2 is 1.65 bits per heavy atom. The molecule has 1 aliphatic heterocycles. The molecule has 1 atom stereocenters. The van der Waals surface area contributed by atoms with Gasteiger partial charge in [0.2, 0.25) is 5.76 Å². The second kappa shape index (κ2) is 8.37. The zero-order chi connectivity index (χ0) is 24.0. The Balaban J connectivity index is 1.76. The van der Waals surface area contributed by atoms with Crippen molar-refractivity contribution in [3.63, 3.8) is 0 Å². The van der Waals surface area contributed by atoms with Crippen LogP contribution in [0.1, 0.15) is 44.4 Å². The van der Waals surface area contributed by atoms with E-state index in [1.165, 1.54) is 0 Å². The van der Waals surface area contributed by atoms with Crippen LogP contribution in [0.15, 0.2) is 69.9 Å². The van der Waals surface area contributed by atoms with Crippen molar-refractivity contribution in [1.29, 1.82) is 0 Å². The SMILES string of the molecule is COc1ccc(C2c3c(oc4cc(C)cc(C)c4c3=O)C(=O)N2Cc2ccccc2)cc1OC. The van der Waals surface area contributed by atoms with Gasteiger partial charge in [-0.05, 0) is 54.3 Å². The molecule has 0 aliphatic carbocycles. The van der Waals surface area contributed by atoms with Gasteiger partial charge in [0.25, 0.3) is 5.91 Å². The molecule has 0 saturated carbocycles. The van der Waals surface area contributed by atoms with Crippen LogP contribution < -0.4 is 14.9 Å². The standard InChI is InChI=1S/C28H25NO5/c1-16-12-17(2)23-22(13-16)34-27-24(26(23)30)25(19-10-11-20(32-3)21(14-19)33-4)29(28(27)31)15-18-8-6-5-7-9-18/h5-14,25H,15H2,1-4H3. The van der Waals surface area contributed by atoms with Crippen molar-refractivity contribution in [2.45, 2.75) is 26.4 Å². The number of nitrogens with zero attached hydrogens (tertiary/aromatic N) is 1. The van der Waals surface area contributed by atoms with Gasteiger partial charge in [0.05, 0.1) is 31.2 Å². The van der Waals surface area contributed by atoms with Crippen LogP contribution in [0, 0.1) is 13.8 Å². The van der Waals surface area contributed by atoms with Gasteiger partial charge in [-0.1, -0.05) is 42.5 Å². The van der Waals surface area contributed by atoms with Gasteiger partial charge in [0, 0.05) is 6.54 Å². The van der Waals surface area contributed by atoms with Crippen molar-refractivity contribution in [3.05, 3.63) is 104 Å². The van der Waals surface area contributed by atoms with E-state index in [1.54, 1.807) is 25.2 Å². The Kier molecular flexibility index (Phi) is 5.36. The summed E-state index contributed by atoms with van der Waals surface area (Å²) in [5, 5.41) is 0.504. The molecule has 1 unspecified atom stereocenters. The van der Waals surface area contributed by atoms with E-state index in [4.69, 9.17) is 13.9 Å². The number of carbonyl (C=O) groups excluding carboxylic acids is 1. The number of benzene rings is 3.